The molecule has 1 N–H and O–H groups in total. The van der Waals surface area contributed by atoms with Gasteiger partial charge in [0.05, 0.1) is 7.11 Å². The smallest absolute Gasteiger partial charge is 0.160 e. The Bertz CT molecular complexity index is 723. The number of hydrogen-bond acceptors (Lipinski definition) is 4. The molecule has 0 bridgehead atoms. The molecular formula is C16H18N4O. The van der Waals surface area contributed by atoms with E-state index in [1.54, 1.807) is 7.11 Å². The maximum atomic E-state index is 5.22. The van der Waals surface area contributed by atoms with Crippen LogP contribution in [0.4, 0.5) is 0 Å². The second-order valence-corrected chi connectivity index (χ2v) is 4.82. The van der Waals surface area contributed by atoms with E-state index in [9.17, 15) is 0 Å². The maximum Gasteiger partial charge on any atom is 0.160 e. The van der Waals surface area contributed by atoms with Crippen LogP contribution in [0.1, 0.15) is 11.4 Å². The number of pyridine rings is 1. The molecule has 5 heteroatoms. The third kappa shape index (κ3) is 3.20. The van der Waals surface area contributed by atoms with E-state index in [0.29, 0.717) is 0 Å². The van der Waals surface area contributed by atoms with E-state index in [4.69, 9.17) is 4.74 Å². The molecule has 0 aliphatic heterocycles. The highest BCUT2D eigenvalue weighted by molar-refractivity contribution is 5.37. The first-order chi connectivity index (χ1) is 10.4. The van der Waals surface area contributed by atoms with Gasteiger partial charge in [0.25, 0.3) is 0 Å². The van der Waals surface area contributed by atoms with Crippen molar-refractivity contribution in [1.29, 1.82) is 0 Å². The number of nitrogens with zero attached hydrogens (tertiary/aromatic N) is 3. The molecule has 0 saturated carbocycles. The van der Waals surface area contributed by atoms with E-state index in [2.05, 4.69) is 21.6 Å². The van der Waals surface area contributed by atoms with E-state index in [-0.39, 0.29) is 0 Å². The monoisotopic (exact) mass is 282 g/mol. The summed E-state index contributed by atoms with van der Waals surface area (Å²) in [6, 6.07) is 14.0. The third-order valence-electron chi connectivity index (χ3n) is 3.37. The predicted octanol–water partition coefficient (Wildman–Crippen LogP) is 2.07. The maximum absolute atomic E-state index is 5.22. The van der Waals surface area contributed by atoms with Crippen molar-refractivity contribution in [2.24, 2.45) is 0 Å². The third-order valence-corrected chi connectivity index (χ3v) is 3.37. The van der Waals surface area contributed by atoms with Crippen molar-refractivity contribution in [2.45, 2.75) is 13.0 Å². The van der Waals surface area contributed by atoms with Crippen LogP contribution in [-0.4, -0.2) is 28.3 Å². The van der Waals surface area contributed by atoms with Crippen molar-refractivity contribution < 1.29 is 4.74 Å². The molecule has 0 spiro atoms. The molecule has 0 radical (unpaired) electrons. The number of nitrogens with one attached hydrogen (secondary N) is 1. The fourth-order valence-corrected chi connectivity index (χ4v) is 2.28. The van der Waals surface area contributed by atoms with E-state index < -0.39 is 0 Å². The highest BCUT2D eigenvalue weighted by Crippen LogP contribution is 2.12. The molecule has 0 unspecified atom stereocenters. The first-order valence-corrected chi connectivity index (χ1v) is 6.99. The van der Waals surface area contributed by atoms with Crippen LogP contribution >= 0.6 is 0 Å². The lowest BCUT2D eigenvalue weighted by Gasteiger charge is -2.06. The molecule has 108 valence electrons. The van der Waals surface area contributed by atoms with Crippen LogP contribution in [0.5, 0.6) is 5.75 Å². The lowest BCUT2D eigenvalue weighted by atomic mass is 10.2. The Kier molecular flexibility index (Phi) is 4.12. The number of fused-ring (bicyclic) bond motifs is 1. The molecule has 0 aliphatic rings. The highest BCUT2D eigenvalue weighted by atomic mass is 16.5. The SMILES string of the molecule is COc1cccc(CNCCc2nnc3ccccn23)c1. The summed E-state index contributed by atoms with van der Waals surface area (Å²) in [5.74, 6) is 1.86. The number of aromatic nitrogens is 3. The van der Waals surface area contributed by atoms with Gasteiger partial charge in [0.2, 0.25) is 0 Å². The molecule has 2 aromatic heterocycles. The van der Waals surface area contributed by atoms with Crippen LogP contribution in [-0.2, 0) is 13.0 Å². The average molecular weight is 282 g/mol. The van der Waals surface area contributed by atoms with Gasteiger partial charge < -0.3 is 10.1 Å². The van der Waals surface area contributed by atoms with E-state index in [1.165, 1.54) is 5.56 Å². The summed E-state index contributed by atoms with van der Waals surface area (Å²) in [4.78, 5) is 0. The van der Waals surface area contributed by atoms with Crippen molar-refractivity contribution in [2.75, 3.05) is 13.7 Å². The van der Waals surface area contributed by atoms with Crippen LogP contribution in [0, 0.1) is 0 Å². The molecule has 5 nitrogen and oxygen atoms in total. The van der Waals surface area contributed by atoms with Gasteiger partial charge in [-0.1, -0.05) is 18.2 Å². The van der Waals surface area contributed by atoms with Crippen LogP contribution < -0.4 is 10.1 Å². The fraction of sp³-hybridized carbons (Fsp3) is 0.250. The number of rotatable bonds is 6. The van der Waals surface area contributed by atoms with Crippen LogP contribution in [0.25, 0.3) is 5.65 Å². The largest absolute Gasteiger partial charge is 0.497 e. The second kappa shape index (κ2) is 6.37. The van der Waals surface area contributed by atoms with Crippen molar-refractivity contribution in [3.8, 4) is 5.75 Å². The average Bonchev–Trinajstić information content (AvgIpc) is 2.95. The van der Waals surface area contributed by atoms with Crippen LogP contribution in [0.15, 0.2) is 48.7 Å². The molecule has 1 aromatic carbocycles. The summed E-state index contributed by atoms with van der Waals surface area (Å²) in [5.41, 5.74) is 2.10. The molecule has 0 amide bonds. The van der Waals surface area contributed by atoms with Gasteiger partial charge in [-0.05, 0) is 29.8 Å². The summed E-state index contributed by atoms with van der Waals surface area (Å²) in [6.45, 7) is 1.67. The Balaban J connectivity index is 1.54. The Morgan fingerprint density at radius 2 is 2.10 bits per heavy atom. The predicted molar refractivity (Wildman–Crippen MR) is 81.4 cm³/mol. The van der Waals surface area contributed by atoms with Gasteiger partial charge in [-0.15, -0.1) is 10.2 Å². The Hall–Kier alpha value is -2.40. The highest BCUT2D eigenvalue weighted by Gasteiger charge is 2.03. The van der Waals surface area contributed by atoms with Crippen molar-refractivity contribution in [3.05, 3.63) is 60.0 Å². The molecule has 0 atom stereocenters. The molecule has 3 rings (SSSR count). The summed E-state index contributed by atoms with van der Waals surface area (Å²) >= 11 is 0. The molecule has 21 heavy (non-hydrogen) atoms. The summed E-state index contributed by atoms with van der Waals surface area (Å²) in [7, 11) is 1.68. The minimum absolute atomic E-state index is 0.813. The summed E-state index contributed by atoms with van der Waals surface area (Å²) in [5, 5.41) is 11.8. The topological polar surface area (TPSA) is 51.5 Å². The van der Waals surface area contributed by atoms with E-state index in [1.807, 2.05) is 47.0 Å². The summed E-state index contributed by atoms with van der Waals surface area (Å²) < 4.78 is 7.24. The van der Waals surface area contributed by atoms with Gasteiger partial charge in [-0.25, -0.2) is 0 Å². The summed E-state index contributed by atoms with van der Waals surface area (Å²) in [6.07, 6.45) is 2.84. The van der Waals surface area contributed by atoms with Gasteiger partial charge >= 0.3 is 0 Å². The lowest BCUT2D eigenvalue weighted by Crippen LogP contribution is -2.17. The minimum Gasteiger partial charge on any atom is -0.497 e. The number of hydrogen-bond donors (Lipinski definition) is 1. The van der Waals surface area contributed by atoms with Gasteiger partial charge in [0.1, 0.15) is 11.6 Å². The molecular weight excluding hydrogens is 264 g/mol. The normalized spacial score (nSPS) is 10.9. The van der Waals surface area contributed by atoms with Gasteiger partial charge in [0.15, 0.2) is 5.65 Å². The van der Waals surface area contributed by atoms with Crippen molar-refractivity contribution >= 4 is 5.65 Å². The van der Waals surface area contributed by atoms with Crippen LogP contribution in [0.2, 0.25) is 0 Å². The van der Waals surface area contributed by atoms with E-state index >= 15 is 0 Å². The number of methoxy groups -OCH3 is 1. The molecule has 0 fully saturated rings. The van der Waals surface area contributed by atoms with Crippen molar-refractivity contribution in [3.63, 3.8) is 0 Å². The lowest BCUT2D eigenvalue weighted by molar-refractivity contribution is 0.414. The fourth-order valence-electron chi connectivity index (χ4n) is 2.28. The number of ether oxygens (including phenoxy) is 1. The second-order valence-electron chi connectivity index (χ2n) is 4.82. The van der Waals surface area contributed by atoms with Gasteiger partial charge in [-0.2, -0.15) is 0 Å². The Morgan fingerprint density at radius 1 is 1.14 bits per heavy atom. The quantitative estimate of drug-likeness (QED) is 0.703. The van der Waals surface area contributed by atoms with Gasteiger partial charge in [0, 0.05) is 25.7 Å². The van der Waals surface area contributed by atoms with Crippen LogP contribution in [0.3, 0.4) is 0 Å². The zero-order chi connectivity index (χ0) is 14.5. The number of benzene rings is 1. The first-order valence-electron chi connectivity index (χ1n) is 6.99. The van der Waals surface area contributed by atoms with Gasteiger partial charge in [-0.3, -0.25) is 4.40 Å². The zero-order valence-corrected chi connectivity index (χ0v) is 12.0. The Labute approximate surface area is 123 Å². The van der Waals surface area contributed by atoms with E-state index in [0.717, 1.165) is 36.7 Å². The molecule has 2 heterocycles. The first kappa shape index (κ1) is 13.6. The molecule has 0 saturated heterocycles. The molecule has 3 aromatic rings. The van der Waals surface area contributed by atoms with Crippen molar-refractivity contribution in [1.82, 2.24) is 19.9 Å². The molecule has 0 aliphatic carbocycles. The Morgan fingerprint density at radius 3 is 3.00 bits per heavy atom. The zero-order valence-electron chi connectivity index (χ0n) is 12.0. The minimum atomic E-state index is 0.813. The standard InChI is InChI=1S/C16H18N4O/c1-21-14-6-4-5-13(11-14)12-17-9-8-16-19-18-15-7-2-3-10-20(15)16/h2-7,10-11,17H,8-9,12H2,1H3.